The van der Waals surface area contributed by atoms with Crippen LogP contribution in [0.25, 0.3) is 0 Å². The lowest BCUT2D eigenvalue weighted by molar-refractivity contribution is -0.144. The van der Waals surface area contributed by atoms with E-state index in [0.717, 1.165) is 0 Å². The van der Waals surface area contributed by atoms with E-state index in [2.05, 4.69) is 25.9 Å². The number of imidazole rings is 1. The number of aromatic amines is 1. The molecule has 3 amide bonds. The third-order valence-corrected chi connectivity index (χ3v) is 4.71. The van der Waals surface area contributed by atoms with Gasteiger partial charge in [0.25, 0.3) is 0 Å². The van der Waals surface area contributed by atoms with Crippen LogP contribution in [-0.2, 0) is 25.6 Å². The highest BCUT2D eigenvalue weighted by Crippen LogP contribution is 2.03. The fourth-order valence-corrected chi connectivity index (χ4v) is 2.88. The van der Waals surface area contributed by atoms with Gasteiger partial charge in [0.15, 0.2) is 6.04 Å². The number of aliphatic hydroxyl groups is 1. The van der Waals surface area contributed by atoms with Crippen molar-refractivity contribution < 1.29 is 29.4 Å². The minimum Gasteiger partial charge on any atom is -0.480 e. The van der Waals surface area contributed by atoms with E-state index in [0.29, 0.717) is 17.9 Å². The average molecular weight is 445 g/mol. The predicted molar refractivity (Wildman–Crippen MR) is 109 cm³/mol. The van der Waals surface area contributed by atoms with Crippen molar-refractivity contribution in [2.24, 2.45) is 5.73 Å². The number of aliphatic carboxylic acids is 1. The van der Waals surface area contributed by atoms with Crippen molar-refractivity contribution >= 4 is 35.5 Å². The molecule has 1 aromatic rings. The van der Waals surface area contributed by atoms with Gasteiger partial charge in [-0.1, -0.05) is 0 Å². The molecule has 13 heteroatoms. The van der Waals surface area contributed by atoms with Crippen LogP contribution < -0.4 is 21.7 Å². The number of carbonyl (C=O) groups excluding carboxylic acids is 3. The van der Waals surface area contributed by atoms with E-state index >= 15 is 0 Å². The van der Waals surface area contributed by atoms with E-state index in [-0.39, 0.29) is 6.42 Å². The number of carboxylic acids is 1. The molecule has 30 heavy (non-hydrogen) atoms. The lowest BCUT2D eigenvalue weighted by Gasteiger charge is -2.21. The summed E-state index contributed by atoms with van der Waals surface area (Å²) in [7, 11) is 0. The zero-order chi connectivity index (χ0) is 22.7. The summed E-state index contributed by atoms with van der Waals surface area (Å²) in [5, 5.41) is 25.4. The van der Waals surface area contributed by atoms with Crippen molar-refractivity contribution in [2.45, 2.75) is 44.0 Å². The van der Waals surface area contributed by atoms with Gasteiger partial charge in [-0.05, 0) is 25.4 Å². The highest BCUT2D eigenvalue weighted by atomic mass is 32.2. The summed E-state index contributed by atoms with van der Waals surface area (Å²) in [6.07, 6.45) is 4.06. The van der Waals surface area contributed by atoms with Crippen LogP contribution in [0.4, 0.5) is 0 Å². The minimum absolute atomic E-state index is 0.209. The average Bonchev–Trinajstić information content (AvgIpc) is 3.19. The number of hydrogen-bond acceptors (Lipinski definition) is 8. The molecule has 0 saturated carbocycles. The number of aliphatic hydroxyl groups excluding tert-OH is 1. The largest absolute Gasteiger partial charge is 0.480 e. The highest BCUT2D eigenvalue weighted by molar-refractivity contribution is 7.98. The first-order valence-electron chi connectivity index (χ1n) is 9.15. The number of nitrogens with zero attached hydrogens (tertiary/aromatic N) is 1. The van der Waals surface area contributed by atoms with Crippen LogP contribution in [0.1, 0.15) is 19.0 Å². The van der Waals surface area contributed by atoms with E-state index in [9.17, 15) is 24.3 Å². The summed E-state index contributed by atoms with van der Waals surface area (Å²) in [5.74, 6) is -2.76. The lowest BCUT2D eigenvalue weighted by atomic mass is 10.1. The monoisotopic (exact) mass is 444 g/mol. The van der Waals surface area contributed by atoms with Crippen LogP contribution in [0.2, 0.25) is 0 Å². The lowest BCUT2D eigenvalue weighted by Crippen LogP contribution is -2.54. The number of nitrogens with one attached hydrogen (secondary N) is 4. The molecule has 0 fully saturated rings. The number of carboxylic acid groups (broad SMARTS) is 1. The summed E-state index contributed by atoms with van der Waals surface area (Å²) in [6.45, 7) is 0.708. The van der Waals surface area contributed by atoms with E-state index in [4.69, 9.17) is 10.8 Å². The zero-order valence-electron chi connectivity index (χ0n) is 16.8. The Kier molecular flexibility index (Phi) is 10.9. The summed E-state index contributed by atoms with van der Waals surface area (Å²) in [6, 6.07) is -3.32. The third-order valence-electron chi connectivity index (χ3n) is 4.06. The number of thioether (sulfide) groups is 1. The van der Waals surface area contributed by atoms with Crippen LogP contribution in [0.15, 0.2) is 12.5 Å². The molecule has 0 bridgehead atoms. The molecule has 0 saturated heterocycles. The zero-order valence-corrected chi connectivity index (χ0v) is 17.6. The second-order valence-electron chi connectivity index (χ2n) is 6.57. The van der Waals surface area contributed by atoms with Gasteiger partial charge in [-0.3, -0.25) is 14.4 Å². The first kappa shape index (κ1) is 25.4. The van der Waals surface area contributed by atoms with Gasteiger partial charge in [0.1, 0.15) is 6.04 Å². The Morgan fingerprint density at radius 1 is 1.27 bits per heavy atom. The van der Waals surface area contributed by atoms with E-state index in [1.165, 1.54) is 25.0 Å². The molecule has 168 valence electrons. The maximum absolute atomic E-state index is 12.4. The molecule has 0 spiro atoms. The van der Waals surface area contributed by atoms with Crippen molar-refractivity contribution in [1.29, 1.82) is 0 Å². The van der Waals surface area contributed by atoms with Crippen LogP contribution in [0, 0.1) is 0 Å². The second-order valence-corrected chi connectivity index (χ2v) is 7.56. The Hall–Kier alpha value is -2.64. The number of nitrogens with two attached hydrogens (primary N) is 1. The van der Waals surface area contributed by atoms with Gasteiger partial charge in [0.2, 0.25) is 17.7 Å². The van der Waals surface area contributed by atoms with Gasteiger partial charge in [0.05, 0.1) is 25.0 Å². The fraction of sp³-hybridized carbons (Fsp3) is 0.588. The highest BCUT2D eigenvalue weighted by Gasteiger charge is 2.27. The Labute approximate surface area is 177 Å². The van der Waals surface area contributed by atoms with Crippen molar-refractivity contribution in [3.8, 4) is 0 Å². The van der Waals surface area contributed by atoms with Crippen LogP contribution >= 0.6 is 11.8 Å². The molecule has 0 aromatic carbocycles. The number of amides is 3. The van der Waals surface area contributed by atoms with Gasteiger partial charge >= 0.3 is 5.97 Å². The van der Waals surface area contributed by atoms with Crippen molar-refractivity contribution in [3.63, 3.8) is 0 Å². The van der Waals surface area contributed by atoms with Crippen LogP contribution in [-0.4, -0.2) is 86.7 Å². The van der Waals surface area contributed by atoms with Gasteiger partial charge in [0, 0.05) is 18.3 Å². The molecule has 1 rings (SSSR count). The summed E-state index contributed by atoms with van der Waals surface area (Å²) >= 11 is 1.48. The first-order chi connectivity index (χ1) is 14.1. The third kappa shape index (κ3) is 8.80. The number of rotatable bonds is 13. The van der Waals surface area contributed by atoms with Crippen LogP contribution in [0.3, 0.4) is 0 Å². The maximum Gasteiger partial charge on any atom is 0.328 e. The smallest absolute Gasteiger partial charge is 0.328 e. The van der Waals surface area contributed by atoms with Gasteiger partial charge in [-0.2, -0.15) is 11.8 Å². The molecule has 1 heterocycles. The fourth-order valence-electron chi connectivity index (χ4n) is 2.41. The van der Waals surface area contributed by atoms with Crippen molar-refractivity contribution in [3.05, 3.63) is 18.2 Å². The molecule has 0 aliphatic carbocycles. The molecule has 4 unspecified atom stereocenters. The molecular formula is C17H28N6O6S. The Balaban J connectivity index is 2.61. The van der Waals surface area contributed by atoms with Crippen molar-refractivity contribution in [2.75, 3.05) is 18.6 Å². The normalized spacial score (nSPS) is 14.8. The number of carbonyl (C=O) groups is 4. The molecule has 4 atom stereocenters. The molecule has 0 radical (unpaired) electrons. The Morgan fingerprint density at radius 3 is 2.50 bits per heavy atom. The number of aromatic nitrogens is 2. The summed E-state index contributed by atoms with van der Waals surface area (Å²) in [5.41, 5.74) is 6.55. The summed E-state index contributed by atoms with van der Waals surface area (Å²) < 4.78 is 0. The molecule has 1 aromatic heterocycles. The van der Waals surface area contributed by atoms with E-state index < -0.39 is 54.5 Å². The van der Waals surface area contributed by atoms with Gasteiger partial charge < -0.3 is 36.9 Å². The molecule has 0 aliphatic rings. The number of H-pyrrole nitrogens is 1. The maximum atomic E-state index is 12.4. The van der Waals surface area contributed by atoms with Crippen LogP contribution in [0.5, 0.6) is 0 Å². The number of hydrogen-bond donors (Lipinski definition) is 7. The molecular weight excluding hydrogens is 416 g/mol. The van der Waals surface area contributed by atoms with Gasteiger partial charge in [-0.25, -0.2) is 9.78 Å². The minimum atomic E-state index is -1.50. The molecule has 12 nitrogen and oxygen atoms in total. The predicted octanol–water partition coefficient (Wildman–Crippen LogP) is -2.42. The Morgan fingerprint density at radius 2 is 1.97 bits per heavy atom. The van der Waals surface area contributed by atoms with Gasteiger partial charge in [-0.15, -0.1) is 0 Å². The van der Waals surface area contributed by atoms with E-state index in [1.807, 2.05) is 6.26 Å². The SMILES string of the molecule is CSCCC(NC(=O)C(N)Cc1cnc[nH]1)C(=O)NCC(=O)NC(C(=O)O)C(C)O. The van der Waals surface area contributed by atoms with Crippen molar-refractivity contribution in [1.82, 2.24) is 25.9 Å². The standard InChI is InChI=1S/C17H28N6O6S/c1-9(24)14(17(28)29)23-13(25)7-20-16(27)12(3-4-30-2)22-15(26)11(18)5-10-6-19-8-21-10/h6,8-9,11-12,14,24H,3-5,7,18H2,1-2H3,(H,19,21)(H,20,27)(H,22,26)(H,23,25)(H,28,29). The quantitative estimate of drug-likeness (QED) is 0.173. The Bertz CT molecular complexity index is 714. The molecule has 8 N–H and O–H groups in total. The first-order valence-corrected chi connectivity index (χ1v) is 10.5. The topological polar surface area (TPSA) is 200 Å². The molecule has 0 aliphatic heterocycles. The summed E-state index contributed by atoms with van der Waals surface area (Å²) in [4.78, 5) is 54.4. The van der Waals surface area contributed by atoms with E-state index in [1.54, 1.807) is 6.20 Å². The second kappa shape index (κ2) is 12.8.